The van der Waals surface area contributed by atoms with Crippen LogP contribution in [0.2, 0.25) is 0 Å². The zero-order valence-corrected chi connectivity index (χ0v) is 9.44. The highest BCUT2D eigenvalue weighted by molar-refractivity contribution is 5.98. The van der Waals surface area contributed by atoms with Crippen LogP contribution in [0.15, 0.2) is 24.3 Å². The van der Waals surface area contributed by atoms with Crippen LogP contribution in [0.4, 0.5) is 5.69 Å². The van der Waals surface area contributed by atoms with Gasteiger partial charge in [-0.2, -0.15) is 0 Å². The summed E-state index contributed by atoms with van der Waals surface area (Å²) in [6, 6.07) is 7.91. The molecule has 0 aliphatic carbocycles. The molecule has 0 spiro atoms. The van der Waals surface area contributed by atoms with Crippen molar-refractivity contribution in [3.05, 3.63) is 29.8 Å². The zero-order valence-electron chi connectivity index (χ0n) is 9.44. The summed E-state index contributed by atoms with van der Waals surface area (Å²) in [6.07, 6.45) is 0. The lowest BCUT2D eigenvalue weighted by atomic mass is 10.1. The summed E-state index contributed by atoms with van der Waals surface area (Å²) in [6.45, 7) is 4.93. The van der Waals surface area contributed by atoms with Crippen LogP contribution in [-0.4, -0.2) is 31.6 Å². The van der Waals surface area contributed by atoms with Crippen LogP contribution in [0.1, 0.15) is 17.3 Å². The number of primary amides is 1. The number of anilines is 1. The van der Waals surface area contributed by atoms with Crippen LogP contribution in [0.25, 0.3) is 0 Å². The lowest BCUT2D eigenvalue weighted by Crippen LogP contribution is -2.50. The monoisotopic (exact) mass is 219 g/mol. The van der Waals surface area contributed by atoms with E-state index >= 15 is 0 Å². The first-order chi connectivity index (χ1) is 7.70. The maximum absolute atomic E-state index is 11.4. The number of carbonyl (C=O) groups is 1. The van der Waals surface area contributed by atoms with E-state index in [1.165, 1.54) is 0 Å². The van der Waals surface area contributed by atoms with Crippen molar-refractivity contribution in [3.8, 4) is 0 Å². The molecule has 3 N–H and O–H groups in total. The Kier molecular flexibility index (Phi) is 3.10. The molecule has 1 fully saturated rings. The van der Waals surface area contributed by atoms with Crippen molar-refractivity contribution in [2.45, 2.75) is 13.0 Å². The van der Waals surface area contributed by atoms with Gasteiger partial charge in [0.15, 0.2) is 0 Å². The standard InChI is InChI=1S/C12H17N3O/c1-9-8-14-6-7-15(9)11-5-3-2-4-10(11)12(13)16/h2-5,9,14H,6-8H2,1H3,(H2,13,16). The van der Waals surface area contributed by atoms with E-state index < -0.39 is 0 Å². The topological polar surface area (TPSA) is 58.4 Å². The van der Waals surface area contributed by atoms with Gasteiger partial charge in [-0.05, 0) is 19.1 Å². The molecule has 1 atom stereocenters. The molecule has 1 unspecified atom stereocenters. The number of carbonyl (C=O) groups excluding carboxylic acids is 1. The largest absolute Gasteiger partial charge is 0.366 e. The summed E-state index contributed by atoms with van der Waals surface area (Å²) in [4.78, 5) is 13.6. The van der Waals surface area contributed by atoms with Crippen LogP contribution in [-0.2, 0) is 0 Å². The average molecular weight is 219 g/mol. The second-order valence-electron chi connectivity index (χ2n) is 4.13. The Morgan fingerprint density at radius 2 is 2.25 bits per heavy atom. The highest BCUT2D eigenvalue weighted by Crippen LogP contribution is 2.22. The molecule has 1 aliphatic heterocycles. The number of rotatable bonds is 2. The maximum Gasteiger partial charge on any atom is 0.250 e. The average Bonchev–Trinajstić information content (AvgIpc) is 2.29. The molecular weight excluding hydrogens is 202 g/mol. The molecule has 4 nitrogen and oxygen atoms in total. The lowest BCUT2D eigenvalue weighted by Gasteiger charge is -2.36. The summed E-state index contributed by atoms with van der Waals surface area (Å²) in [5.41, 5.74) is 6.94. The number of amides is 1. The highest BCUT2D eigenvalue weighted by atomic mass is 16.1. The van der Waals surface area contributed by atoms with E-state index in [1.54, 1.807) is 6.07 Å². The van der Waals surface area contributed by atoms with Crippen molar-refractivity contribution in [2.24, 2.45) is 5.73 Å². The van der Waals surface area contributed by atoms with E-state index in [-0.39, 0.29) is 5.91 Å². The molecule has 16 heavy (non-hydrogen) atoms. The summed E-state index contributed by atoms with van der Waals surface area (Å²) in [5, 5.41) is 3.33. The van der Waals surface area contributed by atoms with Gasteiger partial charge in [-0.15, -0.1) is 0 Å². The van der Waals surface area contributed by atoms with Crippen LogP contribution in [0, 0.1) is 0 Å². The molecule has 1 aliphatic rings. The summed E-state index contributed by atoms with van der Waals surface area (Å²) >= 11 is 0. The van der Waals surface area contributed by atoms with Gasteiger partial charge in [0.2, 0.25) is 0 Å². The van der Waals surface area contributed by atoms with E-state index in [0.717, 1.165) is 25.3 Å². The first-order valence-corrected chi connectivity index (χ1v) is 5.56. The highest BCUT2D eigenvalue weighted by Gasteiger charge is 2.21. The second-order valence-corrected chi connectivity index (χ2v) is 4.13. The minimum atomic E-state index is -0.360. The fourth-order valence-electron chi connectivity index (χ4n) is 2.13. The first-order valence-electron chi connectivity index (χ1n) is 5.56. The van der Waals surface area contributed by atoms with Crippen LogP contribution < -0.4 is 16.0 Å². The Labute approximate surface area is 95.4 Å². The number of hydrogen-bond acceptors (Lipinski definition) is 3. The molecule has 1 amide bonds. The van der Waals surface area contributed by atoms with E-state index in [9.17, 15) is 4.79 Å². The van der Waals surface area contributed by atoms with Gasteiger partial charge in [0.05, 0.1) is 5.56 Å². The van der Waals surface area contributed by atoms with Crippen molar-refractivity contribution in [3.63, 3.8) is 0 Å². The van der Waals surface area contributed by atoms with Gasteiger partial charge in [-0.25, -0.2) is 0 Å². The van der Waals surface area contributed by atoms with E-state index in [0.29, 0.717) is 11.6 Å². The summed E-state index contributed by atoms with van der Waals surface area (Å²) < 4.78 is 0. The first kappa shape index (κ1) is 11.0. The van der Waals surface area contributed by atoms with Crippen molar-refractivity contribution in [1.29, 1.82) is 0 Å². The van der Waals surface area contributed by atoms with Crippen molar-refractivity contribution in [2.75, 3.05) is 24.5 Å². The molecule has 1 heterocycles. The molecule has 0 radical (unpaired) electrons. The summed E-state index contributed by atoms with van der Waals surface area (Å²) in [5.74, 6) is -0.360. The van der Waals surface area contributed by atoms with Crippen molar-refractivity contribution >= 4 is 11.6 Å². The molecule has 1 aromatic carbocycles. The second kappa shape index (κ2) is 4.53. The minimum Gasteiger partial charge on any atom is -0.366 e. The fourth-order valence-corrected chi connectivity index (χ4v) is 2.13. The Bertz CT molecular complexity index is 392. The molecule has 2 rings (SSSR count). The van der Waals surface area contributed by atoms with Gasteiger partial charge in [0.25, 0.3) is 5.91 Å². The zero-order chi connectivity index (χ0) is 11.5. The number of nitrogens with two attached hydrogens (primary N) is 1. The fraction of sp³-hybridized carbons (Fsp3) is 0.417. The molecule has 86 valence electrons. The van der Waals surface area contributed by atoms with E-state index in [1.807, 2.05) is 18.2 Å². The predicted molar refractivity (Wildman–Crippen MR) is 64.6 cm³/mol. The SMILES string of the molecule is CC1CNCCN1c1ccccc1C(N)=O. The maximum atomic E-state index is 11.4. The third kappa shape index (κ3) is 2.02. The number of piperazine rings is 1. The summed E-state index contributed by atoms with van der Waals surface area (Å²) in [7, 11) is 0. The number of benzene rings is 1. The molecule has 4 heteroatoms. The van der Waals surface area contributed by atoms with Crippen molar-refractivity contribution in [1.82, 2.24) is 5.32 Å². The van der Waals surface area contributed by atoms with Crippen LogP contribution in [0.3, 0.4) is 0 Å². The molecule has 0 aromatic heterocycles. The Hall–Kier alpha value is -1.55. The van der Waals surface area contributed by atoms with E-state index in [2.05, 4.69) is 17.1 Å². The number of nitrogens with one attached hydrogen (secondary N) is 1. The van der Waals surface area contributed by atoms with Gasteiger partial charge < -0.3 is 16.0 Å². The molecule has 1 aromatic rings. The Morgan fingerprint density at radius 1 is 1.50 bits per heavy atom. The Balaban J connectivity index is 2.34. The minimum absolute atomic E-state index is 0.360. The third-order valence-corrected chi connectivity index (χ3v) is 2.98. The van der Waals surface area contributed by atoms with Crippen LogP contribution in [0.5, 0.6) is 0 Å². The smallest absolute Gasteiger partial charge is 0.250 e. The van der Waals surface area contributed by atoms with Gasteiger partial charge in [-0.3, -0.25) is 4.79 Å². The predicted octanol–water partition coefficient (Wildman–Crippen LogP) is 0.584. The lowest BCUT2D eigenvalue weighted by molar-refractivity contribution is 0.100. The van der Waals surface area contributed by atoms with Gasteiger partial charge in [-0.1, -0.05) is 12.1 Å². The van der Waals surface area contributed by atoms with Crippen LogP contribution >= 0.6 is 0 Å². The molecule has 0 bridgehead atoms. The molecular formula is C12H17N3O. The quantitative estimate of drug-likeness (QED) is 0.765. The van der Waals surface area contributed by atoms with Gasteiger partial charge >= 0.3 is 0 Å². The number of nitrogens with zero attached hydrogens (tertiary/aromatic N) is 1. The number of para-hydroxylation sites is 1. The van der Waals surface area contributed by atoms with Crippen molar-refractivity contribution < 1.29 is 4.79 Å². The van der Waals surface area contributed by atoms with E-state index in [4.69, 9.17) is 5.73 Å². The third-order valence-electron chi connectivity index (χ3n) is 2.98. The Morgan fingerprint density at radius 3 is 2.94 bits per heavy atom. The van der Waals surface area contributed by atoms with Gasteiger partial charge in [0.1, 0.15) is 0 Å². The molecule has 0 saturated carbocycles. The normalized spacial score (nSPS) is 20.8. The molecule has 1 saturated heterocycles. The van der Waals surface area contributed by atoms with Gasteiger partial charge in [0, 0.05) is 31.4 Å². The number of hydrogen-bond donors (Lipinski definition) is 2.